The average molecular weight is 366 g/mol. The second-order valence-corrected chi connectivity index (χ2v) is 6.65. The number of pyridine rings is 1. The van der Waals surface area contributed by atoms with Crippen molar-refractivity contribution in [3.8, 4) is 5.75 Å². The molecule has 0 bridgehead atoms. The van der Waals surface area contributed by atoms with Crippen molar-refractivity contribution in [2.24, 2.45) is 0 Å². The lowest BCUT2D eigenvalue weighted by Gasteiger charge is -2.22. The van der Waals surface area contributed by atoms with Crippen molar-refractivity contribution in [1.82, 2.24) is 9.47 Å². The molecule has 3 rings (SSSR count). The van der Waals surface area contributed by atoms with E-state index in [0.29, 0.717) is 12.3 Å². The van der Waals surface area contributed by atoms with Crippen LogP contribution in [0, 0.1) is 0 Å². The van der Waals surface area contributed by atoms with Crippen LogP contribution in [-0.2, 0) is 4.79 Å². The highest BCUT2D eigenvalue weighted by Crippen LogP contribution is 2.19. The van der Waals surface area contributed by atoms with E-state index < -0.39 is 0 Å². The number of hydrogen-bond donors (Lipinski definition) is 0. The van der Waals surface area contributed by atoms with E-state index in [2.05, 4.69) is 0 Å². The van der Waals surface area contributed by atoms with Gasteiger partial charge in [-0.15, -0.1) is 0 Å². The molecule has 0 unspecified atom stereocenters. The van der Waals surface area contributed by atoms with Crippen LogP contribution >= 0.6 is 0 Å². The highest BCUT2D eigenvalue weighted by molar-refractivity contribution is 6.18. The Morgan fingerprint density at radius 2 is 1.74 bits per heavy atom. The van der Waals surface area contributed by atoms with Gasteiger partial charge in [-0.25, -0.2) is 0 Å². The maximum atomic E-state index is 13.3. The summed E-state index contributed by atoms with van der Waals surface area (Å²) in [5.41, 5.74) is 1.02. The number of carbonyl (C=O) groups excluding carboxylic acids is 1. The molecule has 142 valence electrons. The summed E-state index contributed by atoms with van der Waals surface area (Å²) in [6, 6.07) is 12.5. The third kappa shape index (κ3) is 4.88. The Balaban J connectivity index is 1.97. The maximum Gasteiger partial charge on any atom is 0.270 e. The number of rotatable bonds is 5. The first-order valence-corrected chi connectivity index (χ1v) is 9.61. The van der Waals surface area contributed by atoms with Gasteiger partial charge in [0.05, 0.1) is 6.61 Å². The van der Waals surface area contributed by atoms with Crippen LogP contribution in [0.4, 0.5) is 0 Å². The monoisotopic (exact) mass is 366 g/mol. The SMILES string of the molecule is CCOc1ccc(/C=C(\C(=O)N2CCCCCC2)n2ccccc2=O)cc1. The van der Waals surface area contributed by atoms with Gasteiger partial charge in [-0.05, 0) is 49.6 Å². The molecule has 1 aromatic heterocycles. The summed E-state index contributed by atoms with van der Waals surface area (Å²) in [6.07, 6.45) is 7.74. The molecule has 0 aliphatic carbocycles. The van der Waals surface area contributed by atoms with Gasteiger partial charge in [-0.1, -0.05) is 31.0 Å². The number of likely N-dealkylation sites (tertiary alicyclic amines) is 1. The third-order valence-corrected chi connectivity index (χ3v) is 4.69. The molecule has 1 aliphatic heterocycles. The minimum Gasteiger partial charge on any atom is -0.494 e. The Kier molecular flexibility index (Phi) is 6.47. The van der Waals surface area contributed by atoms with Gasteiger partial charge in [0.2, 0.25) is 0 Å². The summed E-state index contributed by atoms with van der Waals surface area (Å²) in [5, 5.41) is 0. The van der Waals surface area contributed by atoms with Crippen molar-refractivity contribution in [2.45, 2.75) is 32.6 Å². The van der Waals surface area contributed by atoms with E-state index in [4.69, 9.17) is 4.74 Å². The first kappa shape index (κ1) is 19.0. The van der Waals surface area contributed by atoms with Gasteiger partial charge in [0, 0.05) is 25.4 Å². The molecule has 1 aromatic carbocycles. The third-order valence-electron chi connectivity index (χ3n) is 4.69. The molecule has 1 saturated heterocycles. The topological polar surface area (TPSA) is 51.5 Å². The van der Waals surface area contributed by atoms with E-state index in [1.165, 1.54) is 10.6 Å². The predicted molar refractivity (Wildman–Crippen MR) is 108 cm³/mol. The van der Waals surface area contributed by atoms with Crippen molar-refractivity contribution in [3.63, 3.8) is 0 Å². The molecule has 0 atom stereocenters. The number of amides is 1. The standard InChI is InChI=1S/C22H26N2O3/c1-2-27-19-12-10-18(11-13-19)17-20(24-16-8-5-9-21(24)25)22(26)23-14-6-3-4-7-15-23/h5,8-13,16-17H,2-4,6-7,14-15H2,1H3/b20-17+. The van der Waals surface area contributed by atoms with Gasteiger partial charge in [0.15, 0.2) is 0 Å². The summed E-state index contributed by atoms with van der Waals surface area (Å²) in [7, 11) is 0. The Labute approximate surface area is 159 Å². The molecule has 2 aromatic rings. The zero-order chi connectivity index (χ0) is 19.1. The number of aromatic nitrogens is 1. The highest BCUT2D eigenvalue weighted by Gasteiger charge is 2.21. The normalized spacial score (nSPS) is 15.3. The summed E-state index contributed by atoms with van der Waals surface area (Å²) in [5.74, 6) is 0.686. The molecule has 5 heteroatoms. The van der Waals surface area contributed by atoms with Gasteiger partial charge in [-0.3, -0.25) is 14.2 Å². The number of benzene rings is 1. The molecule has 2 heterocycles. The predicted octanol–water partition coefficient (Wildman–Crippen LogP) is 3.65. The maximum absolute atomic E-state index is 13.3. The molecule has 1 amide bonds. The Morgan fingerprint density at radius 3 is 2.37 bits per heavy atom. The van der Waals surface area contributed by atoms with Crippen LogP contribution in [0.5, 0.6) is 5.75 Å². The average Bonchev–Trinajstić information content (AvgIpc) is 2.97. The summed E-state index contributed by atoms with van der Waals surface area (Å²) >= 11 is 0. The van der Waals surface area contributed by atoms with Crippen LogP contribution in [0.1, 0.15) is 38.2 Å². The molecular formula is C22H26N2O3. The summed E-state index contributed by atoms with van der Waals surface area (Å²) in [6.45, 7) is 4.02. The quantitative estimate of drug-likeness (QED) is 0.759. The van der Waals surface area contributed by atoms with Gasteiger partial charge in [0.25, 0.3) is 11.5 Å². The lowest BCUT2D eigenvalue weighted by molar-refractivity contribution is -0.125. The lowest BCUT2D eigenvalue weighted by atomic mass is 10.1. The Bertz CT molecular complexity index is 844. The second kappa shape index (κ2) is 9.21. The van der Waals surface area contributed by atoms with Crippen LogP contribution in [0.25, 0.3) is 11.8 Å². The van der Waals surface area contributed by atoms with Gasteiger partial charge in [-0.2, -0.15) is 0 Å². The van der Waals surface area contributed by atoms with Crippen LogP contribution in [0.15, 0.2) is 53.5 Å². The molecule has 27 heavy (non-hydrogen) atoms. The van der Waals surface area contributed by atoms with E-state index >= 15 is 0 Å². The summed E-state index contributed by atoms with van der Waals surface area (Å²) in [4.78, 5) is 27.5. The molecule has 0 spiro atoms. The van der Waals surface area contributed by atoms with E-state index in [0.717, 1.165) is 50.1 Å². The second-order valence-electron chi connectivity index (χ2n) is 6.65. The van der Waals surface area contributed by atoms with Crippen LogP contribution in [0.3, 0.4) is 0 Å². The molecule has 5 nitrogen and oxygen atoms in total. The summed E-state index contributed by atoms with van der Waals surface area (Å²) < 4.78 is 6.91. The molecule has 1 fully saturated rings. The molecule has 0 N–H and O–H groups in total. The smallest absolute Gasteiger partial charge is 0.270 e. The Hall–Kier alpha value is -2.82. The van der Waals surface area contributed by atoms with Crippen molar-refractivity contribution in [1.29, 1.82) is 0 Å². The van der Waals surface area contributed by atoms with E-state index in [9.17, 15) is 9.59 Å². The fraction of sp³-hybridized carbons (Fsp3) is 0.364. The highest BCUT2D eigenvalue weighted by atomic mass is 16.5. The molecule has 0 radical (unpaired) electrons. The van der Waals surface area contributed by atoms with E-state index in [1.807, 2.05) is 36.1 Å². The number of nitrogens with zero attached hydrogens (tertiary/aromatic N) is 2. The van der Waals surface area contributed by atoms with E-state index in [-0.39, 0.29) is 11.5 Å². The van der Waals surface area contributed by atoms with Crippen molar-refractivity contribution in [3.05, 3.63) is 64.6 Å². The molecular weight excluding hydrogens is 340 g/mol. The fourth-order valence-corrected chi connectivity index (χ4v) is 3.28. The molecule has 0 saturated carbocycles. The van der Waals surface area contributed by atoms with Gasteiger partial charge >= 0.3 is 0 Å². The van der Waals surface area contributed by atoms with Crippen molar-refractivity contribution >= 4 is 17.7 Å². The zero-order valence-corrected chi connectivity index (χ0v) is 15.8. The van der Waals surface area contributed by atoms with Gasteiger partial charge < -0.3 is 9.64 Å². The first-order valence-electron chi connectivity index (χ1n) is 9.61. The van der Waals surface area contributed by atoms with Crippen LogP contribution in [-0.4, -0.2) is 35.1 Å². The zero-order valence-electron chi connectivity index (χ0n) is 15.8. The lowest BCUT2D eigenvalue weighted by Crippen LogP contribution is -2.36. The van der Waals surface area contributed by atoms with Crippen molar-refractivity contribution < 1.29 is 9.53 Å². The largest absolute Gasteiger partial charge is 0.494 e. The van der Waals surface area contributed by atoms with Crippen LogP contribution < -0.4 is 10.3 Å². The van der Waals surface area contributed by atoms with Crippen molar-refractivity contribution in [2.75, 3.05) is 19.7 Å². The fourth-order valence-electron chi connectivity index (χ4n) is 3.28. The van der Waals surface area contributed by atoms with Gasteiger partial charge in [0.1, 0.15) is 11.4 Å². The van der Waals surface area contributed by atoms with E-state index in [1.54, 1.807) is 24.4 Å². The Morgan fingerprint density at radius 1 is 1.04 bits per heavy atom. The number of hydrogen-bond acceptors (Lipinski definition) is 3. The number of ether oxygens (including phenoxy) is 1. The number of carbonyl (C=O) groups is 1. The molecule has 1 aliphatic rings. The first-order chi connectivity index (χ1) is 13.2. The minimum atomic E-state index is -0.210. The minimum absolute atomic E-state index is 0.0981. The van der Waals surface area contributed by atoms with Crippen LogP contribution in [0.2, 0.25) is 0 Å².